The van der Waals surface area contributed by atoms with Crippen molar-refractivity contribution in [2.24, 2.45) is 0 Å². The van der Waals surface area contributed by atoms with E-state index in [2.05, 4.69) is 9.80 Å². The van der Waals surface area contributed by atoms with Crippen molar-refractivity contribution < 1.29 is 8.85 Å². The van der Waals surface area contributed by atoms with E-state index in [1.807, 2.05) is 14.2 Å². The van der Waals surface area contributed by atoms with E-state index in [9.17, 15) is 0 Å². The van der Waals surface area contributed by atoms with Crippen molar-refractivity contribution in [3.63, 3.8) is 0 Å². The summed E-state index contributed by atoms with van der Waals surface area (Å²) in [5, 5.41) is 0. The maximum Gasteiger partial charge on any atom is 0.337 e. The van der Waals surface area contributed by atoms with Crippen LogP contribution in [0.25, 0.3) is 0 Å². The highest BCUT2D eigenvalue weighted by Gasteiger charge is 2.34. The average Bonchev–Trinajstić information content (AvgIpc) is 3.19. The molecule has 0 aliphatic carbocycles. The number of hydrogen-bond donors (Lipinski definition) is 0. The van der Waals surface area contributed by atoms with E-state index in [0.717, 1.165) is 12.1 Å². The summed E-state index contributed by atoms with van der Waals surface area (Å²) in [5.74, 6) is 0. The first-order valence-electron chi connectivity index (χ1n) is 8.83. The predicted molar refractivity (Wildman–Crippen MR) is 90.0 cm³/mol. The molecular weight excluding hydrogens is 280 g/mol. The molecular formula is C16H34N2O2Si. The summed E-state index contributed by atoms with van der Waals surface area (Å²) < 4.78 is 11.8. The van der Waals surface area contributed by atoms with E-state index in [1.165, 1.54) is 77.8 Å². The summed E-state index contributed by atoms with van der Waals surface area (Å²) in [6.07, 6.45) is 8.00. The Morgan fingerprint density at radius 1 is 0.714 bits per heavy atom. The molecule has 0 saturated carbocycles. The minimum atomic E-state index is -1.94. The van der Waals surface area contributed by atoms with Gasteiger partial charge in [0.2, 0.25) is 0 Å². The molecule has 4 nitrogen and oxygen atoms in total. The summed E-state index contributed by atoms with van der Waals surface area (Å²) in [5.41, 5.74) is 0. The standard InChI is InChI=1S/C16H34N2O2Si/c1-19-21(20-2,15-7-13-17-9-3-4-10-17)16-8-14-18-11-5-6-12-18/h3-16H2,1-2H3. The molecule has 2 heterocycles. The Bertz CT molecular complexity index is 251. The van der Waals surface area contributed by atoms with Crippen LogP contribution in [0.1, 0.15) is 38.5 Å². The molecule has 0 aromatic carbocycles. The fourth-order valence-corrected chi connectivity index (χ4v) is 6.40. The summed E-state index contributed by atoms with van der Waals surface area (Å²) in [6, 6.07) is 2.30. The van der Waals surface area contributed by atoms with E-state index in [4.69, 9.17) is 8.85 Å². The molecule has 5 heteroatoms. The number of hydrogen-bond acceptors (Lipinski definition) is 4. The molecule has 0 bridgehead atoms. The fraction of sp³-hybridized carbons (Fsp3) is 1.00. The summed E-state index contributed by atoms with van der Waals surface area (Å²) in [4.78, 5) is 5.18. The molecule has 0 N–H and O–H groups in total. The first kappa shape index (κ1) is 17.4. The summed E-state index contributed by atoms with van der Waals surface area (Å²) in [7, 11) is 1.78. The highest BCUT2D eigenvalue weighted by Crippen LogP contribution is 2.23. The Morgan fingerprint density at radius 3 is 1.43 bits per heavy atom. The molecule has 0 radical (unpaired) electrons. The van der Waals surface area contributed by atoms with Crippen LogP contribution in [0.15, 0.2) is 0 Å². The van der Waals surface area contributed by atoms with E-state index in [-0.39, 0.29) is 0 Å². The van der Waals surface area contributed by atoms with Gasteiger partial charge in [0.25, 0.3) is 0 Å². The zero-order chi connectivity index (χ0) is 15.0. The maximum atomic E-state index is 5.90. The van der Waals surface area contributed by atoms with Gasteiger partial charge < -0.3 is 18.7 Å². The number of likely N-dealkylation sites (tertiary alicyclic amines) is 2. The van der Waals surface area contributed by atoms with Gasteiger partial charge in [-0.15, -0.1) is 0 Å². The molecule has 2 aliphatic rings. The number of nitrogens with zero attached hydrogens (tertiary/aromatic N) is 2. The molecule has 2 saturated heterocycles. The van der Waals surface area contributed by atoms with Crippen molar-refractivity contribution in [2.75, 3.05) is 53.5 Å². The average molecular weight is 315 g/mol. The molecule has 0 unspecified atom stereocenters. The van der Waals surface area contributed by atoms with Crippen LogP contribution in [0.2, 0.25) is 12.1 Å². The van der Waals surface area contributed by atoms with Gasteiger partial charge in [-0.25, -0.2) is 0 Å². The predicted octanol–water partition coefficient (Wildman–Crippen LogP) is 2.69. The van der Waals surface area contributed by atoms with Crippen molar-refractivity contribution in [1.82, 2.24) is 9.80 Å². The van der Waals surface area contributed by atoms with Crippen LogP contribution in [0.5, 0.6) is 0 Å². The van der Waals surface area contributed by atoms with Crippen molar-refractivity contribution in [3.8, 4) is 0 Å². The van der Waals surface area contributed by atoms with E-state index >= 15 is 0 Å². The Labute approximate surface area is 132 Å². The molecule has 0 aromatic heterocycles. The van der Waals surface area contributed by atoms with Gasteiger partial charge in [-0.2, -0.15) is 0 Å². The van der Waals surface area contributed by atoms with Crippen molar-refractivity contribution in [1.29, 1.82) is 0 Å². The zero-order valence-corrected chi connectivity index (χ0v) is 15.1. The largest absolute Gasteiger partial charge is 0.398 e. The quantitative estimate of drug-likeness (QED) is 0.579. The summed E-state index contributed by atoms with van der Waals surface area (Å²) in [6.45, 7) is 7.64. The molecule has 0 atom stereocenters. The third-order valence-electron chi connectivity index (χ3n) is 5.21. The lowest BCUT2D eigenvalue weighted by atomic mass is 10.4. The van der Waals surface area contributed by atoms with Crippen molar-refractivity contribution in [2.45, 2.75) is 50.6 Å². The smallest absolute Gasteiger partial charge is 0.337 e. The third-order valence-corrected chi connectivity index (χ3v) is 8.92. The van der Waals surface area contributed by atoms with Gasteiger partial charge in [0.1, 0.15) is 0 Å². The van der Waals surface area contributed by atoms with Gasteiger partial charge in [0.15, 0.2) is 0 Å². The van der Waals surface area contributed by atoms with Crippen molar-refractivity contribution >= 4 is 8.56 Å². The SMILES string of the molecule is CO[Si](CCCN1CCCC1)(CCCN1CCCC1)OC. The van der Waals surface area contributed by atoms with E-state index in [1.54, 1.807) is 0 Å². The van der Waals surface area contributed by atoms with Crippen LogP contribution < -0.4 is 0 Å². The molecule has 124 valence electrons. The minimum absolute atomic E-state index is 1.15. The highest BCUT2D eigenvalue weighted by molar-refractivity contribution is 6.67. The normalized spacial score (nSPS) is 21.4. The fourth-order valence-electron chi connectivity index (χ4n) is 3.77. The lowest BCUT2D eigenvalue weighted by Gasteiger charge is -2.29. The Morgan fingerprint density at radius 2 is 1.10 bits per heavy atom. The Hall–Kier alpha value is 0.0569. The van der Waals surface area contributed by atoms with Crippen LogP contribution in [-0.2, 0) is 8.85 Å². The Balaban J connectivity index is 1.66. The maximum absolute atomic E-state index is 5.90. The molecule has 2 fully saturated rings. The second kappa shape index (κ2) is 9.25. The molecule has 0 spiro atoms. The second-order valence-electron chi connectivity index (χ2n) is 6.62. The van der Waals surface area contributed by atoms with Crippen LogP contribution in [0, 0.1) is 0 Å². The van der Waals surface area contributed by atoms with Crippen LogP contribution in [-0.4, -0.2) is 71.8 Å². The van der Waals surface area contributed by atoms with Gasteiger partial charge in [-0.05, 0) is 89.9 Å². The van der Waals surface area contributed by atoms with Crippen molar-refractivity contribution in [3.05, 3.63) is 0 Å². The topological polar surface area (TPSA) is 24.9 Å². The molecule has 2 rings (SSSR count). The van der Waals surface area contributed by atoms with Crippen LogP contribution in [0.3, 0.4) is 0 Å². The molecule has 21 heavy (non-hydrogen) atoms. The minimum Gasteiger partial charge on any atom is -0.398 e. The zero-order valence-electron chi connectivity index (χ0n) is 14.1. The molecule has 0 amide bonds. The highest BCUT2D eigenvalue weighted by atomic mass is 28.4. The molecule has 0 aromatic rings. The lowest BCUT2D eigenvalue weighted by molar-refractivity contribution is 0.232. The van der Waals surface area contributed by atoms with Gasteiger partial charge in [-0.1, -0.05) is 0 Å². The third kappa shape index (κ3) is 5.64. The second-order valence-corrected chi connectivity index (χ2v) is 10.3. The van der Waals surface area contributed by atoms with Gasteiger partial charge in [0.05, 0.1) is 0 Å². The van der Waals surface area contributed by atoms with E-state index < -0.39 is 8.56 Å². The monoisotopic (exact) mass is 314 g/mol. The van der Waals surface area contributed by atoms with Crippen LogP contribution >= 0.6 is 0 Å². The number of rotatable bonds is 10. The molecule has 2 aliphatic heterocycles. The summed E-state index contributed by atoms with van der Waals surface area (Å²) >= 11 is 0. The first-order valence-corrected chi connectivity index (χ1v) is 11.1. The van der Waals surface area contributed by atoms with Gasteiger partial charge in [0, 0.05) is 14.2 Å². The van der Waals surface area contributed by atoms with Gasteiger partial charge in [-0.3, -0.25) is 0 Å². The lowest BCUT2D eigenvalue weighted by Crippen LogP contribution is -2.41. The first-order chi connectivity index (χ1) is 10.3. The van der Waals surface area contributed by atoms with Crippen LogP contribution in [0.4, 0.5) is 0 Å². The Kier molecular flexibility index (Phi) is 7.67. The van der Waals surface area contributed by atoms with E-state index in [0.29, 0.717) is 0 Å². The van der Waals surface area contributed by atoms with Gasteiger partial charge >= 0.3 is 8.56 Å².